The zero-order chi connectivity index (χ0) is 55.9. The van der Waals surface area contributed by atoms with Crippen LogP contribution in [0.2, 0.25) is 0 Å². The second-order valence-electron chi connectivity index (χ2n) is 23.2. The van der Waals surface area contributed by atoms with Gasteiger partial charge in [0.15, 0.2) is 6.29 Å². The molecule has 0 saturated carbocycles. The Morgan fingerprint density at radius 3 is 1.25 bits per heavy atom. The lowest BCUT2D eigenvalue weighted by molar-refractivity contribution is -0.302. The van der Waals surface area contributed by atoms with Crippen LogP contribution in [0.25, 0.3) is 0 Å². The SMILES string of the molecule is CCCCCCCCCCCCCCC/C=C/C(O)C(COC1OC(CO)C(O)C(O)C1O)NC(=O)CCCCCCCCC/C=C\CCCCCCCCCCCCCCOC(=O)CCCCCCCCCCCCC. The average Bonchev–Trinajstić information content (AvgIpc) is 3.43. The van der Waals surface area contributed by atoms with Crippen LogP contribution in [0.1, 0.15) is 322 Å². The number of carbonyl (C=O) groups excluding carboxylic acids is 2. The lowest BCUT2D eigenvalue weighted by atomic mass is 9.99. The fraction of sp³-hybridized carbons (Fsp3) is 0.909. The quantitative estimate of drug-likeness (QED) is 0.0195. The molecule has 7 unspecified atom stereocenters. The fourth-order valence-corrected chi connectivity index (χ4v) is 10.5. The molecule has 454 valence electrons. The molecule has 0 radical (unpaired) electrons. The van der Waals surface area contributed by atoms with Crippen LogP contribution in [0.4, 0.5) is 0 Å². The molecule has 1 aliphatic heterocycles. The molecule has 0 aromatic rings. The Kier molecular flexibility index (Phi) is 53.2. The van der Waals surface area contributed by atoms with Crippen LogP contribution in [0.5, 0.6) is 0 Å². The van der Waals surface area contributed by atoms with E-state index >= 15 is 0 Å². The van der Waals surface area contributed by atoms with Crippen LogP contribution < -0.4 is 5.32 Å². The smallest absolute Gasteiger partial charge is 0.305 e. The van der Waals surface area contributed by atoms with E-state index in [9.17, 15) is 35.1 Å². The van der Waals surface area contributed by atoms with Gasteiger partial charge in [0.25, 0.3) is 0 Å². The summed E-state index contributed by atoms with van der Waals surface area (Å²) in [4.78, 5) is 25.1. The molecule has 6 N–H and O–H groups in total. The Morgan fingerprint density at radius 2 is 0.831 bits per heavy atom. The van der Waals surface area contributed by atoms with E-state index in [0.717, 1.165) is 70.6 Å². The standard InChI is InChI=1S/C66H125NO10/c1-3-5-7-9-11-13-15-16-26-29-33-36-40-44-48-52-59(69)58(57-76-66-65(74)64(73)63(72)60(56-68)77-66)67-61(70)53-49-45-41-37-34-30-27-24-22-20-18-17-19-21-23-25-28-31-35-39-43-47-51-55-75-62(71)54-50-46-42-38-32-14-12-10-8-6-4-2/h20,22,48,52,58-60,63-66,68-69,72-74H,3-19,21,23-47,49-51,53-57H2,1-2H3,(H,67,70)/b22-20-,52-48+. The third-order valence-electron chi connectivity index (χ3n) is 15.8. The van der Waals surface area contributed by atoms with E-state index in [2.05, 4.69) is 31.3 Å². The first-order chi connectivity index (χ1) is 37.7. The lowest BCUT2D eigenvalue weighted by Gasteiger charge is -2.40. The minimum absolute atomic E-state index is 0.000110. The van der Waals surface area contributed by atoms with E-state index in [-0.39, 0.29) is 18.5 Å². The van der Waals surface area contributed by atoms with E-state index in [4.69, 9.17) is 14.2 Å². The van der Waals surface area contributed by atoms with Crippen molar-refractivity contribution in [1.82, 2.24) is 5.32 Å². The van der Waals surface area contributed by atoms with E-state index in [1.165, 1.54) is 225 Å². The number of carbonyl (C=O) groups is 2. The maximum Gasteiger partial charge on any atom is 0.305 e. The first-order valence-electron chi connectivity index (χ1n) is 33.1. The summed E-state index contributed by atoms with van der Waals surface area (Å²) in [7, 11) is 0. The number of esters is 1. The van der Waals surface area contributed by atoms with Crippen molar-refractivity contribution in [1.29, 1.82) is 0 Å². The number of hydrogen-bond acceptors (Lipinski definition) is 10. The van der Waals surface area contributed by atoms with Crippen molar-refractivity contribution in [3.05, 3.63) is 24.3 Å². The molecule has 0 aromatic heterocycles. The van der Waals surface area contributed by atoms with Gasteiger partial charge in [-0.1, -0.05) is 276 Å². The maximum atomic E-state index is 13.1. The Bertz CT molecular complexity index is 1330. The topological polar surface area (TPSA) is 175 Å². The number of amides is 1. The third kappa shape index (κ3) is 45.4. The monoisotopic (exact) mass is 1090 g/mol. The third-order valence-corrected chi connectivity index (χ3v) is 15.8. The minimum Gasteiger partial charge on any atom is -0.466 e. The van der Waals surface area contributed by atoms with Crippen LogP contribution in [0.15, 0.2) is 24.3 Å². The van der Waals surface area contributed by atoms with Crippen LogP contribution in [-0.4, -0.2) is 100 Å². The van der Waals surface area contributed by atoms with Gasteiger partial charge in [-0.2, -0.15) is 0 Å². The highest BCUT2D eigenvalue weighted by Crippen LogP contribution is 2.23. The van der Waals surface area contributed by atoms with Crippen LogP contribution in [0, 0.1) is 0 Å². The Labute approximate surface area is 473 Å². The number of nitrogens with one attached hydrogen (secondary N) is 1. The predicted molar refractivity (Wildman–Crippen MR) is 320 cm³/mol. The van der Waals surface area contributed by atoms with Gasteiger partial charge in [0.2, 0.25) is 5.91 Å². The van der Waals surface area contributed by atoms with Crippen molar-refractivity contribution in [3.63, 3.8) is 0 Å². The molecular formula is C66H125NO10. The molecular weight excluding hydrogens is 967 g/mol. The van der Waals surface area contributed by atoms with Gasteiger partial charge in [-0.25, -0.2) is 0 Å². The van der Waals surface area contributed by atoms with Crippen molar-refractivity contribution in [2.24, 2.45) is 0 Å². The first kappa shape index (κ1) is 73.2. The molecule has 1 aliphatic rings. The zero-order valence-electron chi connectivity index (χ0n) is 50.2. The summed E-state index contributed by atoms with van der Waals surface area (Å²) in [6, 6.07) is -0.814. The number of allylic oxidation sites excluding steroid dienone is 3. The van der Waals surface area contributed by atoms with Gasteiger partial charge in [0.1, 0.15) is 24.4 Å². The Morgan fingerprint density at radius 1 is 0.468 bits per heavy atom. The van der Waals surface area contributed by atoms with Crippen molar-refractivity contribution in [2.75, 3.05) is 19.8 Å². The predicted octanol–water partition coefficient (Wildman–Crippen LogP) is 16.1. The summed E-state index contributed by atoms with van der Waals surface area (Å²) >= 11 is 0. The summed E-state index contributed by atoms with van der Waals surface area (Å²) in [5.74, 6) is -0.186. The minimum atomic E-state index is -1.57. The second-order valence-corrected chi connectivity index (χ2v) is 23.2. The molecule has 0 aliphatic carbocycles. The summed E-state index contributed by atoms with van der Waals surface area (Å²) in [5.41, 5.74) is 0. The van der Waals surface area contributed by atoms with Crippen LogP contribution >= 0.6 is 0 Å². The molecule has 1 rings (SSSR count). The van der Waals surface area contributed by atoms with Gasteiger partial charge < -0.3 is 45.1 Å². The van der Waals surface area contributed by atoms with Gasteiger partial charge in [-0.3, -0.25) is 9.59 Å². The van der Waals surface area contributed by atoms with Crippen LogP contribution in [0.3, 0.4) is 0 Å². The fourth-order valence-electron chi connectivity index (χ4n) is 10.5. The number of aliphatic hydroxyl groups is 5. The summed E-state index contributed by atoms with van der Waals surface area (Å²) in [5, 5.41) is 54.5. The highest BCUT2D eigenvalue weighted by Gasteiger charge is 2.44. The largest absolute Gasteiger partial charge is 0.466 e. The highest BCUT2D eigenvalue weighted by molar-refractivity contribution is 5.76. The van der Waals surface area contributed by atoms with Crippen molar-refractivity contribution in [3.8, 4) is 0 Å². The number of ether oxygens (including phenoxy) is 3. The summed E-state index contributed by atoms with van der Waals surface area (Å²) < 4.78 is 16.7. The maximum absolute atomic E-state index is 13.1. The molecule has 1 heterocycles. The van der Waals surface area contributed by atoms with Crippen molar-refractivity contribution >= 4 is 11.9 Å². The molecule has 11 nitrogen and oxygen atoms in total. The summed E-state index contributed by atoms with van der Waals surface area (Å²) in [6.45, 7) is 4.36. The molecule has 0 aromatic carbocycles. The molecule has 1 amide bonds. The van der Waals surface area contributed by atoms with E-state index in [0.29, 0.717) is 19.4 Å². The summed E-state index contributed by atoms with van der Waals surface area (Å²) in [6.07, 6.45) is 58.5. The Balaban J connectivity index is 2.06. The zero-order valence-corrected chi connectivity index (χ0v) is 50.2. The second kappa shape index (κ2) is 56.0. The van der Waals surface area contributed by atoms with Gasteiger partial charge >= 0.3 is 5.97 Å². The average molecular weight is 1090 g/mol. The van der Waals surface area contributed by atoms with Gasteiger partial charge in [0.05, 0.1) is 32.0 Å². The van der Waals surface area contributed by atoms with E-state index in [1.807, 2.05) is 6.08 Å². The lowest BCUT2D eigenvalue weighted by Crippen LogP contribution is -2.60. The van der Waals surface area contributed by atoms with Gasteiger partial charge in [0, 0.05) is 12.8 Å². The molecule has 0 bridgehead atoms. The molecule has 1 fully saturated rings. The van der Waals surface area contributed by atoms with Crippen LogP contribution in [-0.2, 0) is 23.8 Å². The van der Waals surface area contributed by atoms with Crippen molar-refractivity contribution in [2.45, 2.75) is 365 Å². The number of hydrogen-bond donors (Lipinski definition) is 6. The molecule has 77 heavy (non-hydrogen) atoms. The Hall–Kier alpha value is -1.86. The number of unbranched alkanes of at least 4 members (excludes halogenated alkanes) is 42. The first-order valence-corrected chi connectivity index (χ1v) is 33.1. The van der Waals surface area contributed by atoms with Crippen molar-refractivity contribution < 1.29 is 49.3 Å². The molecule has 1 saturated heterocycles. The van der Waals surface area contributed by atoms with E-state index < -0.39 is 49.5 Å². The van der Waals surface area contributed by atoms with Gasteiger partial charge in [-0.05, 0) is 57.8 Å². The molecule has 0 spiro atoms. The highest BCUT2D eigenvalue weighted by atomic mass is 16.7. The molecule has 7 atom stereocenters. The number of aliphatic hydroxyl groups excluding tert-OH is 5. The molecule has 11 heteroatoms. The normalized spacial score (nSPS) is 18.7. The van der Waals surface area contributed by atoms with E-state index in [1.54, 1.807) is 6.08 Å². The number of rotatable bonds is 58. The van der Waals surface area contributed by atoms with Gasteiger partial charge in [-0.15, -0.1) is 0 Å².